The average molecular weight is 351 g/mol. The van der Waals surface area contributed by atoms with Gasteiger partial charge in [-0.25, -0.2) is 0 Å². The summed E-state index contributed by atoms with van der Waals surface area (Å²) in [6.07, 6.45) is 0.909. The van der Waals surface area contributed by atoms with Crippen LogP contribution in [0.1, 0.15) is 13.3 Å². The molecule has 3 saturated heterocycles. The quantitative estimate of drug-likeness (QED) is 0.579. The van der Waals surface area contributed by atoms with Crippen LogP contribution in [0.15, 0.2) is 11.4 Å². The minimum absolute atomic E-state index is 0.0224. The smallest absolute Gasteiger partial charge is 0.227 e. The van der Waals surface area contributed by atoms with E-state index in [9.17, 15) is 9.90 Å². The molecule has 0 aromatic rings. The molecular formula is C17H29N5O3. The van der Waals surface area contributed by atoms with Gasteiger partial charge in [-0.2, -0.15) is 0 Å². The van der Waals surface area contributed by atoms with Crippen molar-refractivity contribution >= 4 is 12.1 Å². The number of rotatable bonds is 4. The zero-order valence-corrected chi connectivity index (χ0v) is 15.1. The Morgan fingerprint density at radius 2 is 2.12 bits per heavy atom. The highest BCUT2D eigenvalue weighted by Crippen LogP contribution is 2.33. The number of amides is 1. The van der Waals surface area contributed by atoms with E-state index < -0.39 is 6.23 Å². The monoisotopic (exact) mass is 351 g/mol. The summed E-state index contributed by atoms with van der Waals surface area (Å²) in [4.78, 5) is 18.6. The molecule has 3 aliphatic heterocycles. The number of likely N-dealkylation sites (N-methyl/N-ethyl adjacent to an activating group) is 1. The van der Waals surface area contributed by atoms with Gasteiger partial charge in [0.05, 0.1) is 24.6 Å². The van der Waals surface area contributed by atoms with E-state index >= 15 is 0 Å². The van der Waals surface area contributed by atoms with Gasteiger partial charge in [-0.05, 0) is 14.0 Å². The van der Waals surface area contributed by atoms with E-state index in [1.54, 1.807) is 4.90 Å². The third-order valence-corrected chi connectivity index (χ3v) is 5.47. The molecule has 0 bridgehead atoms. The Balaban J connectivity index is 1.78. The molecule has 8 heteroatoms. The number of aliphatic hydroxyl groups excluding tert-OH is 1. The van der Waals surface area contributed by atoms with Crippen molar-refractivity contribution in [3.63, 3.8) is 0 Å². The van der Waals surface area contributed by atoms with Crippen LogP contribution in [0.25, 0.3) is 0 Å². The van der Waals surface area contributed by atoms with E-state index in [0.717, 1.165) is 18.8 Å². The SMILES string of the molecule is CC1C([C@H](O)N2CCOCC2)CC(=O)N1/C(C=N)=C1\CN(C)CCN1. The van der Waals surface area contributed by atoms with E-state index in [-0.39, 0.29) is 17.9 Å². The van der Waals surface area contributed by atoms with Gasteiger partial charge in [0, 0.05) is 57.3 Å². The van der Waals surface area contributed by atoms with Crippen molar-refractivity contribution in [1.82, 2.24) is 20.0 Å². The molecule has 0 aliphatic carbocycles. The molecule has 3 rings (SSSR count). The molecule has 25 heavy (non-hydrogen) atoms. The fourth-order valence-electron chi connectivity index (χ4n) is 3.99. The predicted octanol–water partition coefficient (Wildman–Crippen LogP) is -0.730. The molecule has 0 spiro atoms. The first-order chi connectivity index (χ1) is 12.0. The number of hydrogen-bond acceptors (Lipinski definition) is 7. The normalized spacial score (nSPS) is 32.4. The first-order valence-corrected chi connectivity index (χ1v) is 9.01. The minimum Gasteiger partial charge on any atom is -0.384 e. The molecule has 8 nitrogen and oxygen atoms in total. The van der Waals surface area contributed by atoms with Gasteiger partial charge in [0.15, 0.2) is 0 Å². The first-order valence-electron chi connectivity index (χ1n) is 9.01. The average Bonchev–Trinajstić information content (AvgIpc) is 2.91. The van der Waals surface area contributed by atoms with Crippen molar-refractivity contribution in [1.29, 1.82) is 5.41 Å². The van der Waals surface area contributed by atoms with Crippen molar-refractivity contribution in [2.45, 2.75) is 25.6 Å². The van der Waals surface area contributed by atoms with Crippen LogP contribution >= 0.6 is 0 Å². The van der Waals surface area contributed by atoms with Crippen LogP contribution < -0.4 is 5.32 Å². The van der Waals surface area contributed by atoms with Crippen LogP contribution in [0.2, 0.25) is 0 Å². The summed E-state index contributed by atoms with van der Waals surface area (Å²) >= 11 is 0. The Morgan fingerprint density at radius 1 is 1.40 bits per heavy atom. The van der Waals surface area contributed by atoms with Gasteiger partial charge in [0.2, 0.25) is 5.91 Å². The van der Waals surface area contributed by atoms with Crippen molar-refractivity contribution in [3.8, 4) is 0 Å². The summed E-state index contributed by atoms with van der Waals surface area (Å²) in [6, 6.07) is -0.150. The number of ether oxygens (including phenoxy) is 1. The summed E-state index contributed by atoms with van der Waals surface area (Å²) in [5.41, 5.74) is 1.53. The molecule has 0 radical (unpaired) electrons. The molecule has 0 aromatic heterocycles. The zero-order valence-electron chi connectivity index (χ0n) is 15.1. The molecule has 3 heterocycles. The maximum Gasteiger partial charge on any atom is 0.227 e. The summed E-state index contributed by atoms with van der Waals surface area (Å²) in [7, 11) is 2.03. The highest BCUT2D eigenvalue weighted by atomic mass is 16.5. The van der Waals surface area contributed by atoms with E-state index in [1.165, 1.54) is 6.21 Å². The topological polar surface area (TPSA) is 92.1 Å². The number of morpholine rings is 1. The summed E-state index contributed by atoms with van der Waals surface area (Å²) in [6.45, 7) is 7.00. The Hall–Kier alpha value is -1.48. The highest BCUT2D eigenvalue weighted by Gasteiger charge is 2.44. The number of nitrogens with one attached hydrogen (secondary N) is 2. The molecule has 0 aromatic carbocycles. The largest absolute Gasteiger partial charge is 0.384 e. The predicted molar refractivity (Wildman–Crippen MR) is 94.1 cm³/mol. The summed E-state index contributed by atoms with van der Waals surface area (Å²) < 4.78 is 5.35. The van der Waals surface area contributed by atoms with Gasteiger partial charge in [0.1, 0.15) is 6.23 Å². The number of carbonyl (C=O) groups is 1. The zero-order chi connectivity index (χ0) is 18.0. The molecule has 0 saturated carbocycles. The lowest BCUT2D eigenvalue weighted by Gasteiger charge is -2.37. The molecule has 140 valence electrons. The third-order valence-electron chi connectivity index (χ3n) is 5.47. The second-order valence-electron chi connectivity index (χ2n) is 7.11. The van der Waals surface area contributed by atoms with Crippen LogP contribution in [0.3, 0.4) is 0 Å². The van der Waals surface area contributed by atoms with Crippen molar-refractivity contribution in [2.75, 3.05) is 53.0 Å². The fraction of sp³-hybridized carbons (Fsp3) is 0.765. The van der Waals surface area contributed by atoms with Crippen LogP contribution in [0.4, 0.5) is 0 Å². The van der Waals surface area contributed by atoms with Gasteiger partial charge < -0.3 is 25.5 Å². The fourth-order valence-corrected chi connectivity index (χ4v) is 3.99. The van der Waals surface area contributed by atoms with Crippen LogP contribution in [0, 0.1) is 11.3 Å². The number of piperazine rings is 1. The Bertz CT molecular complexity index is 546. The van der Waals surface area contributed by atoms with Crippen molar-refractivity contribution in [3.05, 3.63) is 11.4 Å². The number of allylic oxidation sites excluding steroid dienone is 1. The molecule has 2 unspecified atom stereocenters. The lowest BCUT2D eigenvalue weighted by atomic mass is 9.98. The highest BCUT2D eigenvalue weighted by molar-refractivity contribution is 5.89. The minimum atomic E-state index is -0.660. The summed E-state index contributed by atoms with van der Waals surface area (Å²) in [5, 5.41) is 22.0. The Kier molecular flexibility index (Phi) is 5.73. The van der Waals surface area contributed by atoms with Crippen molar-refractivity contribution in [2.24, 2.45) is 5.92 Å². The van der Waals surface area contributed by atoms with E-state index in [0.29, 0.717) is 45.0 Å². The number of aliphatic hydroxyl groups is 1. The second-order valence-corrected chi connectivity index (χ2v) is 7.11. The van der Waals surface area contributed by atoms with Crippen molar-refractivity contribution < 1.29 is 14.6 Å². The Morgan fingerprint density at radius 3 is 2.76 bits per heavy atom. The van der Waals surface area contributed by atoms with Gasteiger partial charge in [-0.3, -0.25) is 14.6 Å². The lowest BCUT2D eigenvalue weighted by molar-refractivity contribution is -0.126. The maximum absolute atomic E-state index is 12.7. The molecule has 3 fully saturated rings. The van der Waals surface area contributed by atoms with Crippen LogP contribution in [-0.2, 0) is 9.53 Å². The maximum atomic E-state index is 12.7. The molecular weight excluding hydrogens is 322 g/mol. The lowest BCUT2D eigenvalue weighted by Crippen LogP contribution is -2.49. The molecule has 3 aliphatic rings. The third kappa shape index (κ3) is 3.72. The van der Waals surface area contributed by atoms with Gasteiger partial charge >= 0.3 is 0 Å². The first kappa shape index (κ1) is 18.3. The van der Waals surface area contributed by atoms with Gasteiger partial charge in [-0.1, -0.05) is 0 Å². The van der Waals surface area contributed by atoms with Crippen LogP contribution in [-0.4, -0.2) is 97.2 Å². The number of nitrogens with zero attached hydrogens (tertiary/aromatic N) is 3. The molecule has 3 atom stereocenters. The Labute approximate surface area is 148 Å². The van der Waals surface area contributed by atoms with E-state index in [4.69, 9.17) is 10.1 Å². The van der Waals surface area contributed by atoms with Crippen LogP contribution in [0.5, 0.6) is 0 Å². The van der Waals surface area contributed by atoms with Gasteiger partial charge in [0.25, 0.3) is 0 Å². The number of carbonyl (C=O) groups excluding carboxylic acids is 1. The summed E-state index contributed by atoms with van der Waals surface area (Å²) in [5.74, 6) is -0.187. The molecule has 3 N–H and O–H groups in total. The van der Waals surface area contributed by atoms with Gasteiger partial charge in [-0.15, -0.1) is 0 Å². The van der Waals surface area contributed by atoms with E-state index in [2.05, 4.69) is 10.2 Å². The number of likely N-dealkylation sites (tertiary alicyclic amines) is 1. The van der Waals surface area contributed by atoms with E-state index in [1.807, 2.05) is 18.9 Å². The number of hydrogen-bond donors (Lipinski definition) is 3. The second kappa shape index (κ2) is 7.82. The standard InChI is InChI=1S/C17H29N5O3/c1-12-13(17(24)21-5-7-25-8-6-21)9-16(23)22(12)15(10-18)14-11-20(2)4-3-19-14/h10,12-13,17-19,24H,3-9,11H2,1-2H3/b15-14+,18-10?/t12?,13?,17-/m0/s1. The molecule has 1 amide bonds.